The molecule has 23 heavy (non-hydrogen) atoms. The number of H-pyrrole nitrogens is 1. The normalized spacial score (nSPS) is 12.0. The van der Waals surface area contributed by atoms with Gasteiger partial charge in [-0.05, 0) is 39.3 Å². The van der Waals surface area contributed by atoms with Crippen LogP contribution in [0.3, 0.4) is 0 Å². The number of Topliss-reactive ketones (excluding diaryl/α,β-unsaturated/α-hetero) is 1. The molecular formula is C16H19N3O3S. The van der Waals surface area contributed by atoms with Gasteiger partial charge in [-0.2, -0.15) is 0 Å². The first-order valence-electron chi connectivity index (χ1n) is 7.29. The average molecular weight is 333 g/mol. The summed E-state index contributed by atoms with van der Waals surface area (Å²) in [7, 11) is 0. The third kappa shape index (κ3) is 3.79. The van der Waals surface area contributed by atoms with Gasteiger partial charge in [-0.15, -0.1) is 0 Å². The number of esters is 1. The lowest BCUT2D eigenvalue weighted by Crippen LogP contribution is -2.16. The molecule has 2 aromatic heterocycles. The zero-order valence-corrected chi connectivity index (χ0v) is 14.4. The summed E-state index contributed by atoms with van der Waals surface area (Å²) in [6.07, 6.45) is 3.27. The Morgan fingerprint density at radius 1 is 1.30 bits per heavy atom. The molecular weight excluding hydrogens is 314 g/mol. The van der Waals surface area contributed by atoms with E-state index in [1.54, 1.807) is 46.2 Å². The van der Waals surface area contributed by atoms with Gasteiger partial charge in [-0.25, -0.2) is 14.8 Å². The second-order valence-electron chi connectivity index (χ2n) is 5.00. The number of thioether (sulfide) groups is 1. The highest BCUT2D eigenvalue weighted by molar-refractivity contribution is 8.00. The van der Waals surface area contributed by atoms with E-state index in [9.17, 15) is 9.59 Å². The van der Waals surface area contributed by atoms with Crippen molar-refractivity contribution >= 4 is 23.5 Å². The molecule has 0 fully saturated rings. The van der Waals surface area contributed by atoms with Crippen LogP contribution in [0, 0.1) is 13.8 Å². The maximum absolute atomic E-state index is 12.7. The largest absolute Gasteiger partial charge is 0.462 e. The summed E-state index contributed by atoms with van der Waals surface area (Å²) < 4.78 is 5.04. The smallest absolute Gasteiger partial charge is 0.340 e. The van der Waals surface area contributed by atoms with E-state index < -0.39 is 5.97 Å². The van der Waals surface area contributed by atoms with Crippen LogP contribution in [0.25, 0.3) is 0 Å². The molecule has 0 aromatic carbocycles. The lowest BCUT2D eigenvalue weighted by atomic mass is 10.1. The molecule has 0 spiro atoms. The van der Waals surface area contributed by atoms with Gasteiger partial charge >= 0.3 is 5.97 Å². The van der Waals surface area contributed by atoms with Crippen LogP contribution in [0.1, 0.15) is 46.0 Å². The monoisotopic (exact) mass is 333 g/mol. The van der Waals surface area contributed by atoms with Gasteiger partial charge < -0.3 is 9.72 Å². The van der Waals surface area contributed by atoms with E-state index in [4.69, 9.17) is 4.74 Å². The summed E-state index contributed by atoms with van der Waals surface area (Å²) in [5, 5.41) is 0.170. The Hall–Kier alpha value is -2.15. The SMILES string of the molecule is CCOC(=O)c1c(C)[nH]c(C(=O)C(C)Sc2ncccn2)c1C. The van der Waals surface area contributed by atoms with Crippen LogP contribution in [-0.2, 0) is 4.74 Å². The summed E-state index contributed by atoms with van der Waals surface area (Å²) in [6.45, 7) is 7.35. The van der Waals surface area contributed by atoms with Crippen LogP contribution in [0.4, 0.5) is 0 Å². The number of nitrogens with zero attached hydrogens (tertiary/aromatic N) is 2. The Labute approximate surface area is 139 Å². The van der Waals surface area contributed by atoms with E-state index in [1.165, 1.54) is 11.8 Å². The van der Waals surface area contributed by atoms with Gasteiger partial charge in [0.05, 0.1) is 23.1 Å². The van der Waals surface area contributed by atoms with Crippen molar-refractivity contribution in [1.82, 2.24) is 15.0 Å². The standard InChI is InChI=1S/C16H19N3O3S/c1-5-22-15(21)12-9(2)13(19-10(12)3)14(20)11(4)23-16-17-7-6-8-18-16/h6-8,11,19H,5H2,1-4H3. The van der Waals surface area contributed by atoms with E-state index in [0.29, 0.717) is 34.3 Å². The Kier molecular flexibility index (Phi) is 5.54. The summed E-state index contributed by atoms with van der Waals surface area (Å²) >= 11 is 1.28. The molecule has 2 rings (SSSR count). The van der Waals surface area contributed by atoms with Crippen molar-refractivity contribution in [3.63, 3.8) is 0 Å². The molecule has 0 aliphatic carbocycles. The summed E-state index contributed by atoms with van der Waals surface area (Å²) in [6, 6.07) is 1.72. The summed E-state index contributed by atoms with van der Waals surface area (Å²) in [4.78, 5) is 35.9. The first-order valence-corrected chi connectivity index (χ1v) is 8.17. The van der Waals surface area contributed by atoms with Crippen LogP contribution >= 0.6 is 11.8 Å². The molecule has 0 bridgehead atoms. The summed E-state index contributed by atoms with van der Waals surface area (Å²) in [5.41, 5.74) is 2.12. The first kappa shape index (κ1) is 17.2. The van der Waals surface area contributed by atoms with Gasteiger partial charge in [-0.3, -0.25) is 4.79 Å². The predicted molar refractivity (Wildman–Crippen MR) is 87.9 cm³/mol. The lowest BCUT2D eigenvalue weighted by molar-refractivity contribution is 0.0525. The maximum atomic E-state index is 12.7. The van der Waals surface area contributed by atoms with Crippen LogP contribution in [0.15, 0.2) is 23.6 Å². The highest BCUT2D eigenvalue weighted by Crippen LogP contribution is 2.26. The van der Waals surface area contributed by atoms with E-state index in [-0.39, 0.29) is 11.0 Å². The number of aryl methyl sites for hydroxylation is 1. The van der Waals surface area contributed by atoms with Crippen molar-refractivity contribution in [2.75, 3.05) is 6.61 Å². The minimum Gasteiger partial charge on any atom is -0.462 e. The van der Waals surface area contributed by atoms with Gasteiger partial charge in [-0.1, -0.05) is 11.8 Å². The number of carbonyl (C=O) groups excluding carboxylic acids is 2. The van der Waals surface area contributed by atoms with Crippen molar-refractivity contribution in [1.29, 1.82) is 0 Å². The molecule has 0 saturated carbocycles. The lowest BCUT2D eigenvalue weighted by Gasteiger charge is -2.08. The van der Waals surface area contributed by atoms with Crippen LogP contribution < -0.4 is 0 Å². The maximum Gasteiger partial charge on any atom is 0.340 e. The average Bonchev–Trinajstić information content (AvgIpc) is 2.82. The van der Waals surface area contributed by atoms with Crippen LogP contribution in [0.5, 0.6) is 0 Å². The minimum atomic E-state index is -0.413. The van der Waals surface area contributed by atoms with Crippen molar-refractivity contribution in [3.05, 3.63) is 41.0 Å². The molecule has 0 saturated heterocycles. The number of ketones is 1. The quantitative estimate of drug-likeness (QED) is 0.379. The highest BCUT2D eigenvalue weighted by atomic mass is 32.2. The van der Waals surface area contributed by atoms with Crippen molar-refractivity contribution in [2.24, 2.45) is 0 Å². The Bertz CT molecular complexity index is 713. The second-order valence-corrected chi connectivity index (χ2v) is 6.31. The van der Waals surface area contributed by atoms with E-state index in [2.05, 4.69) is 15.0 Å². The van der Waals surface area contributed by atoms with Crippen LogP contribution in [0.2, 0.25) is 0 Å². The van der Waals surface area contributed by atoms with Crippen molar-refractivity contribution in [3.8, 4) is 0 Å². The van der Waals surface area contributed by atoms with Crippen LogP contribution in [-0.4, -0.2) is 38.6 Å². The predicted octanol–water partition coefficient (Wildman–Crippen LogP) is 2.96. The molecule has 7 heteroatoms. The molecule has 0 aliphatic rings. The van der Waals surface area contributed by atoms with E-state index >= 15 is 0 Å². The fourth-order valence-corrected chi connectivity index (χ4v) is 3.05. The molecule has 1 atom stereocenters. The molecule has 122 valence electrons. The van der Waals surface area contributed by atoms with Gasteiger partial charge in [0.2, 0.25) is 0 Å². The van der Waals surface area contributed by atoms with Gasteiger partial charge in [0, 0.05) is 18.1 Å². The molecule has 6 nitrogen and oxygen atoms in total. The van der Waals surface area contributed by atoms with E-state index in [1.807, 2.05) is 0 Å². The van der Waals surface area contributed by atoms with E-state index in [0.717, 1.165) is 0 Å². The molecule has 0 radical (unpaired) electrons. The molecule has 1 N–H and O–H groups in total. The number of hydrogen-bond donors (Lipinski definition) is 1. The highest BCUT2D eigenvalue weighted by Gasteiger charge is 2.26. The number of aromatic nitrogens is 3. The summed E-state index contributed by atoms with van der Waals surface area (Å²) in [5.74, 6) is -0.511. The molecule has 2 aromatic rings. The van der Waals surface area contributed by atoms with Crippen molar-refractivity contribution in [2.45, 2.75) is 38.1 Å². The Balaban J connectivity index is 2.22. The third-order valence-corrected chi connectivity index (χ3v) is 4.35. The molecule has 0 aliphatic heterocycles. The van der Waals surface area contributed by atoms with Crippen molar-refractivity contribution < 1.29 is 14.3 Å². The number of rotatable bonds is 6. The number of nitrogens with one attached hydrogen (secondary N) is 1. The van der Waals surface area contributed by atoms with Gasteiger partial charge in [0.1, 0.15) is 0 Å². The Morgan fingerprint density at radius 2 is 1.96 bits per heavy atom. The van der Waals surface area contributed by atoms with Gasteiger partial charge in [0.25, 0.3) is 0 Å². The topological polar surface area (TPSA) is 84.9 Å². The Morgan fingerprint density at radius 3 is 2.57 bits per heavy atom. The fraction of sp³-hybridized carbons (Fsp3) is 0.375. The fourth-order valence-electron chi connectivity index (χ4n) is 2.27. The van der Waals surface area contributed by atoms with Gasteiger partial charge in [0.15, 0.2) is 10.9 Å². The number of carbonyl (C=O) groups is 2. The molecule has 2 heterocycles. The molecule has 0 amide bonds. The number of aromatic amines is 1. The zero-order valence-electron chi connectivity index (χ0n) is 13.5. The number of hydrogen-bond acceptors (Lipinski definition) is 6. The number of ether oxygens (including phenoxy) is 1. The zero-order chi connectivity index (χ0) is 17.0. The third-order valence-electron chi connectivity index (χ3n) is 3.36. The molecule has 1 unspecified atom stereocenters. The second kappa shape index (κ2) is 7.41. The minimum absolute atomic E-state index is 0.0985. The first-order chi connectivity index (χ1) is 11.0.